The van der Waals surface area contributed by atoms with E-state index in [9.17, 15) is 9.18 Å². The lowest BCUT2D eigenvalue weighted by molar-refractivity contribution is -0.131. The van der Waals surface area contributed by atoms with Crippen LogP contribution in [0.5, 0.6) is 11.8 Å². The fraction of sp³-hybridized carbons (Fsp3) is 0.0714. The van der Waals surface area contributed by atoms with Crippen LogP contribution in [0.25, 0.3) is 6.08 Å². The molecule has 102 valence electrons. The number of hydrogen-bond acceptors (Lipinski definition) is 4. The summed E-state index contributed by atoms with van der Waals surface area (Å²) < 4.78 is 18.7. The van der Waals surface area contributed by atoms with E-state index in [4.69, 9.17) is 9.84 Å². The third-order valence-corrected chi connectivity index (χ3v) is 2.35. The third kappa shape index (κ3) is 3.61. The zero-order chi connectivity index (χ0) is 14.5. The van der Waals surface area contributed by atoms with E-state index >= 15 is 0 Å². The Labute approximate surface area is 114 Å². The van der Waals surface area contributed by atoms with Crippen LogP contribution < -0.4 is 4.74 Å². The van der Waals surface area contributed by atoms with E-state index in [2.05, 4.69) is 9.97 Å². The highest BCUT2D eigenvalue weighted by molar-refractivity contribution is 5.85. The number of benzene rings is 1. The van der Waals surface area contributed by atoms with Crippen LogP contribution >= 0.6 is 0 Å². The van der Waals surface area contributed by atoms with Crippen LogP contribution in [0.4, 0.5) is 4.39 Å². The second kappa shape index (κ2) is 5.92. The van der Waals surface area contributed by atoms with E-state index in [1.54, 1.807) is 6.07 Å². The van der Waals surface area contributed by atoms with Crippen molar-refractivity contribution in [2.45, 2.75) is 6.92 Å². The van der Waals surface area contributed by atoms with Gasteiger partial charge in [-0.3, -0.25) is 0 Å². The molecular weight excluding hydrogens is 263 g/mol. The quantitative estimate of drug-likeness (QED) is 0.868. The number of hydrogen-bond donors (Lipinski definition) is 1. The molecule has 2 rings (SSSR count). The third-order valence-electron chi connectivity index (χ3n) is 2.35. The maximum Gasteiger partial charge on any atom is 0.328 e. The van der Waals surface area contributed by atoms with E-state index in [-0.39, 0.29) is 11.8 Å². The lowest BCUT2D eigenvalue weighted by Gasteiger charge is -2.05. The van der Waals surface area contributed by atoms with Gasteiger partial charge in [-0.2, -0.15) is 0 Å². The molecule has 0 amide bonds. The van der Waals surface area contributed by atoms with Gasteiger partial charge in [0.1, 0.15) is 0 Å². The molecule has 2 aromatic rings. The fourth-order valence-electron chi connectivity index (χ4n) is 1.42. The fourth-order valence-corrected chi connectivity index (χ4v) is 1.42. The van der Waals surface area contributed by atoms with E-state index in [1.807, 2.05) is 6.92 Å². The Balaban J connectivity index is 2.14. The van der Waals surface area contributed by atoms with Crippen LogP contribution in [-0.4, -0.2) is 21.0 Å². The van der Waals surface area contributed by atoms with Crippen molar-refractivity contribution in [2.24, 2.45) is 0 Å². The average Bonchev–Trinajstić information content (AvgIpc) is 2.42. The second-order valence-corrected chi connectivity index (χ2v) is 4.01. The van der Waals surface area contributed by atoms with Gasteiger partial charge in [-0.25, -0.2) is 19.2 Å². The Hall–Kier alpha value is -2.76. The largest absolute Gasteiger partial charge is 0.478 e. The number of nitrogens with zero attached hydrogens (tertiary/aromatic N) is 2. The van der Waals surface area contributed by atoms with Crippen molar-refractivity contribution in [3.63, 3.8) is 0 Å². The highest BCUT2D eigenvalue weighted by Crippen LogP contribution is 2.22. The van der Waals surface area contributed by atoms with Gasteiger partial charge in [-0.1, -0.05) is 6.07 Å². The summed E-state index contributed by atoms with van der Waals surface area (Å²) >= 11 is 0. The molecule has 1 heterocycles. The molecule has 0 aliphatic carbocycles. The first-order valence-corrected chi connectivity index (χ1v) is 5.71. The van der Waals surface area contributed by atoms with Crippen molar-refractivity contribution >= 4 is 12.0 Å². The number of carboxylic acids is 1. The summed E-state index contributed by atoms with van der Waals surface area (Å²) in [4.78, 5) is 18.1. The maximum atomic E-state index is 13.5. The molecule has 1 N–H and O–H groups in total. The number of rotatable bonds is 4. The van der Waals surface area contributed by atoms with E-state index in [0.29, 0.717) is 5.56 Å². The summed E-state index contributed by atoms with van der Waals surface area (Å²) in [6.45, 7) is 1.81. The second-order valence-electron chi connectivity index (χ2n) is 4.01. The van der Waals surface area contributed by atoms with Crippen molar-refractivity contribution in [3.8, 4) is 11.8 Å². The minimum absolute atomic E-state index is 0.0121. The number of carbonyl (C=O) groups is 1. The Morgan fingerprint density at radius 2 is 2.05 bits per heavy atom. The smallest absolute Gasteiger partial charge is 0.328 e. The van der Waals surface area contributed by atoms with Crippen LogP contribution in [0, 0.1) is 12.7 Å². The minimum Gasteiger partial charge on any atom is -0.478 e. The Morgan fingerprint density at radius 1 is 1.35 bits per heavy atom. The molecule has 0 saturated heterocycles. The van der Waals surface area contributed by atoms with Gasteiger partial charge in [-0.15, -0.1) is 0 Å². The number of aliphatic carboxylic acids is 1. The maximum absolute atomic E-state index is 13.5. The Bertz CT molecular complexity index is 654. The normalized spacial score (nSPS) is 10.7. The number of aromatic nitrogens is 2. The minimum atomic E-state index is -1.06. The Kier molecular flexibility index (Phi) is 4.05. The van der Waals surface area contributed by atoms with Crippen LogP contribution in [-0.2, 0) is 4.79 Å². The standard InChI is InChI=1S/C14H11FN2O3/c1-9-2-4-11(15)12(6-9)20-14-16-7-10(8-17-14)3-5-13(18)19/h2-8H,1H3,(H,18,19)/b5-3+. The molecule has 0 atom stereocenters. The number of carboxylic acid groups (broad SMARTS) is 1. The molecule has 1 aromatic carbocycles. The summed E-state index contributed by atoms with van der Waals surface area (Å²) in [6, 6.07) is 4.45. The summed E-state index contributed by atoms with van der Waals surface area (Å²) in [5.41, 5.74) is 1.35. The zero-order valence-electron chi connectivity index (χ0n) is 10.6. The van der Waals surface area contributed by atoms with Gasteiger partial charge in [0.25, 0.3) is 0 Å². The van der Waals surface area contributed by atoms with Crippen LogP contribution in [0.15, 0.2) is 36.7 Å². The lowest BCUT2D eigenvalue weighted by Crippen LogP contribution is -1.94. The first-order valence-electron chi connectivity index (χ1n) is 5.71. The molecule has 0 spiro atoms. The number of aryl methyl sites for hydroxylation is 1. The molecule has 0 aliphatic rings. The van der Waals surface area contributed by atoms with Crippen LogP contribution in [0.3, 0.4) is 0 Å². The molecule has 0 unspecified atom stereocenters. The summed E-state index contributed by atoms with van der Waals surface area (Å²) in [5.74, 6) is -1.53. The predicted octanol–water partition coefficient (Wildman–Crippen LogP) is 2.81. The molecule has 0 bridgehead atoms. The molecular formula is C14H11FN2O3. The summed E-state index contributed by atoms with van der Waals surface area (Å²) in [6.07, 6.45) is 5.09. The molecule has 0 saturated carbocycles. The summed E-state index contributed by atoms with van der Waals surface area (Å²) in [7, 11) is 0. The number of halogens is 1. The van der Waals surface area contributed by atoms with E-state index in [0.717, 1.165) is 11.6 Å². The SMILES string of the molecule is Cc1ccc(F)c(Oc2ncc(/C=C/C(=O)O)cn2)c1. The van der Waals surface area contributed by atoms with E-state index in [1.165, 1.54) is 30.6 Å². The molecule has 5 nitrogen and oxygen atoms in total. The van der Waals surface area contributed by atoms with Gasteiger partial charge in [-0.05, 0) is 30.7 Å². The predicted molar refractivity (Wildman–Crippen MR) is 69.9 cm³/mol. The van der Waals surface area contributed by atoms with Crippen LogP contribution in [0.2, 0.25) is 0 Å². The van der Waals surface area contributed by atoms with Crippen LogP contribution in [0.1, 0.15) is 11.1 Å². The summed E-state index contributed by atoms with van der Waals surface area (Å²) in [5, 5.41) is 8.49. The highest BCUT2D eigenvalue weighted by atomic mass is 19.1. The van der Waals surface area contributed by atoms with Crippen molar-refractivity contribution in [2.75, 3.05) is 0 Å². The van der Waals surface area contributed by atoms with Gasteiger partial charge < -0.3 is 9.84 Å². The average molecular weight is 274 g/mol. The highest BCUT2D eigenvalue weighted by Gasteiger charge is 2.06. The van der Waals surface area contributed by atoms with Crippen molar-refractivity contribution in [1.29, 1.82) is 0 Å². The first-order chi connectivity index (χ1) is 9.54. The molecule has 1 aromatic heterocycles. The van der Waals surface area contributed by atoms with Crippen molar-refractivity contribution < 1.29 is 19.0 Å². The van der Waals surface area contributed by atoms with E-state index < -0.39 is 11.8 Å². The zero-order valence-corrected chi connectivity index (χ0v) is 10.6. The van der Waals surface area contributed by atoms with Crippen molar-refractivity contribution in [1.82, 2.24) is 9.97 Å². The van der Waals surface area contributed by atoms with Gasteiger partial charge in [0, 0.05) is 24.0 Å². The topological polar surface area (TPSA) is 72.3 Å². The van der Waals surface area contributed by atoms with Crippen molar-refractivity contribution in [3.05, 3.63) is 53.6 Å². The molecule has 20 heavy (non-hydrogen) atoms. The van der Waals surface area contributed by atoms with Gasteiger partial charge >= 0.3 is 12.0 Å². The Morgan fingerprint density at radius 3 is 2.70 bits per heavy atom. The monoisotopic (exact) mass is 274 g/mol. The molecule has 0 aliphatic heterocycles. The van der Waals surface area contributed by atoms with Gasteiger partial charge in [0.2, 0.25) is 0 Å². The molecule has 0 radical (unpaired) electrons. The first kappa shape index (κ1) is 13.7. The number of ether oxygens (including phenoxy) is 1. The molecule has 6 heteroatoms. The lowest BCUT2D eigenvalue weighted by atomic mass is 10.2. The molecule has 0 fully saturated rings. The van der Waals surface area contributed by atoms with Gasteiger partial charge in [0.15, 0.2) is 11.6 Å². The van der Waals surface area contributed by atoms with Gasteiger partial charge in [0.05, 0.1) is 0 Å².